The fourth-order valence-corrected chi connectivity index (χ4v) is 2.70. The third-order valence-corrected chi connectivity index (χ3v) is 4.11. The number of nitrogens with zero attached hydrogens (tertiary/aromatic N) is 1. The van der Waals surface area contributed by atoms with Gasteiger partial charge in [0.1, 0.15) is 5.75 Å². The Hall–Kier alpha value is -2.52. The largest absolute Gasteiger partial charge is 0.508 e. The third kappa shape index (κ3) is 5.28. The van der Waals surface area contributed by atoms with Crippen LogP contribution in [0.15, 0.2) is 24.3 Å². The van der Waals surface area contributed by atoms with E-state index >= 15 is 0 Å². The van der Waals surface area contributed by atoms with Gasteiger partial charge in [0, 0.05) is 24.6 Å². The number of benzene rings is 1. The molecule has 0 radical (unpaired) electrons. The minimum atomic E-state index is -0.230. The minimum Gasteiger partial charge on any atom is -0.508 e. The second-order valence-corrected chi connectivity index (χ2v) is 5.85. The highest BCUT2D eigenvalue weighted by molar-refractivity contribution is 5.94. The van der Waals surface area contributed by atoms with Crippen LogP contribution in [0.25, 0.3) is 0 Å². The zero-order valence-corrected chi connectivity index (χ0v) is 13.6. The van der Waals surface area contributed by atoms with E-state index in [1.807, 2.05) is 0 Å². The van der Waals surface area contributed by atoms with E-state index in [4.69, 9.17) is 6.42 Å². The maximum absolute atomic E-state index is 12.1. The summed E-state index contributed by atoms with van der Waals surface area (Å²) in [5, 5.41) is 14.8. The Morgan fingerprint density at radius 1 is 1.17 bits per heavy atom. The Bertz CT molecular complexity index is 599. The van der Waals surface area contributed by atoms with Crippen molar-refractivity contribution in [2.45, 2.75) is 12.8 Å². The number of terminal acetylenes is 1. The van der Waals surface area contributed by atoms with Crippen LogP contribution in [0.1, 0.15) is 23.2 Å². The van der Waals surface area contributed by atoms with Gasteiger partial charge >= 0.3 is 0 Å². The number of phenolic OH excluding ortho intramolecular Hbond substituents is 1. The van der Waals surface area contributed by atoms with E-state index in [9.17, 15) is 14.7 Å². The first kappa shape index (κ1) is 17.8. The van der Waals surface area contributed by atoms with Crippen molar-refractivity contribution in [1.82, 2.24) is 15.5 Å². The van der Waals surface area contributed by atoms with Crippen molar-refractivity contribution in [3.8, 4) is 18.1 Å². The number of rotatable bonds is 6. The number of hydrogen-bond acceptors (Lipinski definition) is 4. The van der Waals surface area contributed by atoms with Crippen LogP contribution in [0.5, 0.6) is 5.75 Å². The lowest BCUT2D eigenvalue weighted by atomic mass is 9.96. The average Bonchev–Trinajstić information content (AvgIpc) is 2.60. The van der Waals surface area contributed by atoms with Crippen LogP contribution in [0.2, 0.25) is 0 Å². The summed E-state index contributed by atoms with van der Waals surface area (Å²) in [7, 11) is 0. The summed E-state index contributed by atoms with van der Waals surface area (Å²) in [6.45, 7) is 3.09. The predicted octanol–water partition coefficient (Wildman–Crippen LogP) is 0.583. The number of piperidine rings is 1. The first-order valence-electron chi connectivity index (χ1n) is 8.11. The number of phenols is 1. The van der Waals surface area contributed by atoms with Gasteiger partial charge in [-0.2, -0.15) is 0 Å². The molecule has 1 saturated heterocycles. The summed E-state index contributed by atoms with van der Waals surface area (Å²) in [5.41, 5.74) is 0.472. The molecule has 128 valence electrons. The molecule has 2 amide bonds. The maximum Gasteiger partial charge on any atom is 0.251 e. The molecule has 0 spiro atoms. The van der Waals surface area contributed by atoms with Gasteiger partial charge in [-0.3, -0.25) is 14.5 Å². The third-order valence-electron chi connectivity index (χ3n) is 4.11. The molecule has 1 aromatic carbocycles. The predicted molar refractivity (Wildman–Crippen MR) is 91.4 cm³/mol. The van der Waals surface area contributed by atoms with Crippen LogP contribution in [0, 0.1) is 18.3 Å². The summed E-state index contributed by atoms with van der Waals surface area (Å²) in [6, 6.07) is 6.02. The highest BCUT2D eigenvalue weighted by Crippen LogP contribution is 2.16. The average molecular weight is 329 g/mol. The van der Waals surface area contributed by atoms with E-state index in [0.29, 0.717) is 25.2 Å². The second kappa shape index (κ2) is 8.94. The number of aromatic hydroxyl groups is 1. The molecule has 24 heavy (non-hydrogen) atoms. The molecule has 6 heteroatoms. The van der Waals surface area contributed by atoms with Crippen LogP contribution in [-0.2, 0) is 4.79 Å². The number of hydrogen-bond donors (Lipinski definition) is 3. The highest BCUT2D eigenvalue weighted by Gasteiger charge is 2.24. The van der Waals surface area contributed by atoms with E-state index < -0.39 is 0 Å². The summed E-state index contributed by atoms with van der Waals surface area (Å²) in [4.78, 5) is 26.1. The fourth-order valence-electron chi connectivity index (χ4n) is 2.70. The minimum absolute atomic E-state index is 0.0202. The zero-order valence-electron chi connectivity index (χ0n) is 13.6. The van der Waals surface area contributed by atoms with Crippen molar-refractivity contribution in [2.75, 3.05) is 32.7 Å². The summed E-state index contributed by atoms with van der Waals surface area (Å²) < 4.78 is 0. The lowest BCUT2D eigenvalue weighted by molar-refractivity contribution is -0.126. The van der Waals surface area contributed by atoms with Crippen LogP contribution in [0.4, 0.5) is 0 Å². The topological polar surface area (TPSA) is 81.7 Å². The SMILES string of the molecule is C#CCN1CCC(C(=O)NCCNC(=O)c2ccc(O)cc2)CC1. The quantitative estimate of drug-likeness (QED) is 0.527. The molecule has 0 unspecified atom stereocenters. The van der Waals surface area contributed by atoms with Crippen molar-refractivity contribution < 1.29 is 14.7 Å². The van der Waals surface area contributed by atoms with Crippen LogP contribution in [0.3, 0.4) is 0 Å². The summed E-state index contributed by atoms with van der Waals surface area (Å²) >= 11 is 0. The van der Waals surface area contributed by atoms with Crippen molar-refractivity contribution in [3.05, 3.63) is 29.8 Å². The lowest BCUT2D eigenvalue weighted by Gasteiger charge is -2.29. The molecule has 0 aromatic heterocycles. The van der Waals surface area contributed by atoms with E-state index in [2.05, 4.69) is 21.5 Å². The fraction of sp³-hybridized carbons (Fsp3) is 0.444. The van der Waals surface area contributed by atoms with Crippen molar-refractivity contribution in [3.63, 3.8) is 0 Å². The van der Waals surface area contributed by atoms with Gasteiger partial charge in [0.25, 0.3) is 5.91 Å². The molecular weight excluding hydrogens is 306 g/mol. The molecule has 0 atom stereocenters. The molecule has 1 aromatic rings. The Kier molecular flexibility index (Phi) is 6.64. The zero-order chi connectivity index (χ0) is 17.4. The monoisotopic (exact) mass is 329 g/mol. The van der Waals surface area contributed by atoms with Crippen molar-refractivity contribution in [1.29, 1.82) is 0 Å². The molecule has 1 heterocycles. The van der Waals surface area contributed by atoms with Gasteiger partial charge in [0.2, 0.25) is 5.91 Å². The second-order valence-electron chi connectivity index (χ2n) is 5.85. The van der Waals surface area contributed by atoms with E-state index in [1.165, 1.54) is 12.1 Å². The lowest BCUT2D eigenvalue weighted by Crippen LogP contribution is -2.42. The molecule has 1 fully saturated rings. The maximum atomic E-state index is 12.1. The first-order valence-corrected chi connectivity index (χ1v) is 8.11. The van der Waals surface area contributed by atoms with Crippen LogP contribution in [-0.4, -0.2) is 54.5 Å². The van der Waals surface area contributed by atoms with Crippen LogP contribution < -0.4 is 10.6 Å². The molecule has 1 aliphatic rings. The molecule has 6 nitrogen and oxygen atoms in total. The molecule has 0 bridgehead atoms. The van der Waals surface area contributed by atoms with Gasteiger partial charge in [-0.1, -0.05) is 5.92 Å². The Balaban J connectivity index is 1.64. The number of nitrogens with one attached hydrogen (secondary N) is 2. The normalized spacial score (nSPS) is 15.5. The van der Waals surface area contributed by atoms with Gasteiger partial charge in [-0.15, -0.1) is 6.42 Å². The van der Waals surface area contributed by atoms with Gasteiger partial charge < -0.3 is 15.7 Å². The van der Waals surface area contributed by atoms with Gasteiger partial charge in [-0.05, 0) is 50.2 Å². The van der Waals surface area contributed by atoms with Crippen LogP contribution >= 0.6 is 0 Å². The number of amides is 2. The van der Waals surface area contributed by atoms with Gasteiger partial charge in [0.05, 0.1) is 6.54 Å². The van der Waals surface area contributed by atoms with E-state index in [-0.39, 0.29) is 23.5 Å². The van der Waals surface area contributed by atoms with Crippen molar-refractivity contribution in [2.24, 2.45) is 5.92 Å². The first-order chi connectivity index (χ1) is 11.6. The molecule has 3 N–H and O–H groups in total. The smallest absolute Gasteiger partial charge is 0.251 e. The Morgan fingerprint density at radius 2 is 1.79 bits per heavy atom. The number of likely N-dealkylation sites (tertiary alicyclic amines) is 1. The molecule has 0 aliphatic carbocycles. The van der Waals surface area contributed by atoms with Crippen molar-refractivity contribution >= 4 is 11.8 Å². The highest BCUT2D eigenvalue weighted by atomic mass is 16.3. The number of carbonyl (C=O) groups is 2. The molecule has 2 rings (SSSR count). The molecule has 0 saturated carbocycles. The molecule has 1 aliphatic heterocycles. The van der Waals surface area contributed by atoms with E-state index in [0.717, 1.165) is 25.9 Å². The standard InChI is InChI=1S/C18H23N3O3/c1-2-11-21-12-7-15(8-13-21)18(24)20-10-9-19-17(23)14-3-5-16(22)6-4-14/h1,3-6,15,22H,7-13H2,(H,19,23)(H,20,24). The Morgan fingerprint density at radius 3 is 2.42 bits per heavy atom. The number of carbonyl (C=O) groups excluding carboxylic acids is 2. The summed E-state index contributed by atoms with van der Waals surface area (Å²) in [6.07, 6.45) is 6.92. The Labute approximate surface area is 142 Å². The van der Waals surface area contributed by atoms with Gasteiger partial charge in [-0.25, -0.2) is 0 Å². The van der Waals surface area contributed by atoms with E-state index in [1.54, 1.807) is 12.1 Å². The molecular formula is C18H23N3O3. The van der Waals surface area contributed by atoms with Gasteiger partial charge in [0.15, 0.2) is 0 Å². The summed E-state index contributed by atoms with van der Waals surface area (Å²) in [5.74, 6) is 2.57.